The molecule has 1 aliphatic heterocycles. The van der Waals surface area contributed by atoms with Gasteiger partial charge in [0.1, 0.15) is 36.1 Å². The van der Waals surface area contributed by atoms with Crippen LogP contribution in [0.2, 0.25) is 0 Å². The number of methoxy groups -OCH3 is 2. The lowest BCUT2D eigenvalue weighted by atomic mass is 9.91. The van der Waals surface area contributed by atoms with Crippen molar-refractivity contribution in [3.63, 3.8) is 0 Å². The zero-order valence-electron chi connectivity index (χ0n) is 27.1. The lowest BCUT2D eigenvalue weighted by Crippen LogP contribution is -2.60. The molecule has 1 heterocycles. The van der Waals surface area contributed by atoms with Crippen LogP contribution in [0.4, 0.5) is 0 Å². The molecule has 4 aromatic rings. The second kappa shape index (κ2) is 18.3. The van der Waals surface area contributed by atoms with E-state index in [-0.39, 0.29) is 6.42 Å². The number of carbonyl (C=O) groups excluding carboxylic acids is 1. The molecule has 0 unspecified atom stereocenters. The van der Waals surface area contributed by atoms with Gasteiger partial charge in [0.2, 0.25) is 0 Å². The molecule has 0 spiro atoms. The van der Waals surface area contributed by atoms with Crippen molar-refractivity contribution in [2.45, 2.75) is 69.8 Å². The Morgan fingerprint density at radius 3 is 1.49 bits per heavy atom. The first-order valence-corrected chi connectivity index (χ1v) is 16.0. The lowest BCUT2D eigenvalue weighted by Gasteiger charge is -2.46. The number of hydrogen-bond donors (Lipinski definition) is 0. The maximum absolute atomic E-state index is 12.0. The largest absolute Gasteiger partial charge is 0.497 e. The van der Waals surface area contributed by atoms with Gasteiger partial charge in [-0.3, -0.25) is 0 Å². The van der Waals surface area contributed by atoms with Gasteiger partial charge in [-0.05, 0) is 52.9 Å². The van der Waals surface area contributed by atoms with E-state index in [0.717, 1.165) is 40.0 Å². The molecule has 8 nitrogen and oxygen atoms in total. The summed E-state index contributed by atoms with van der Waals surface area (Å²) in [5.74, 6) is 1.57. The van der Waals surface area contributed by atoms with Gasteiger partial charge in [0, 0.05) is 13.0 Å². The fraction of sp³-hybridized carbons (Fsp3) is 0.359. The summed E-state index contributed by atoms with van der Waals surface area (Å²) in [5, 5.41) is 0. The number of ether oxygens (including phenoxy) is 7. The van der Waals surface area contributed by atoms with Crippen LogP contribution < -0.4 is 9.47 Å². The third-order valence-corrected chi connectivity index (χ3v) is 8.21. The molecule has 1 fully saturated rings. The van der Waals surface area contributed by atoms with Crippen molar-refractivity contribution in [2.75, 3.05) is 20.8 Å². The molecule has 0 bridgehead atoms. The average Bonchev–Trinajstić information content (AvgIpc) is 3.13. The maximum Gasteiger partial charge on any atom is 0.122 e. The Kier molecular flexibility index (Phi) is 13.4. The highest BCUT2D eigenvalue weighted by molar-refractivity contribution is 5.50. The van der Waals surface area contributed by atoms with Gasteiger partial charge < -0.3 is 38.0 Å². The van der Waals surface area contributed by atoms with Crippen molar-refractivity contribution in [3.8, 4) is 11.5 Å². The predicted octanol–water partition coefficient (Wildman–Crippen LogP) is 6.72. The highest BCUT2D eigenvalue weighted by Crippen LogP contribution is 2.33. The Morgan fingerprint density at radius 1 is 0.553 bits per heavy atom. The molecule has 47 heavy (non-hydrogen) atoms. The maximum atomic E-state index is 12.0. The fourth-order valence-corrected chi connectivity index (χ4v) is 5.66. The van der Waals surface area contributed by atoms with E-state index in [2.05, 4.69) is 0 Å². The van der Waals surface area contributed by atoms with Crippen LogP contribution in [0.1, 0.15) is 35.1 Å². The van der Waals surface area contributed by atoms with E-state index in [4.69, 9.17) is 33.2 Å². The molecule has 0 radical (unpaired) electrons. The summed E-state index contributed by atoms with van der Waals surface area (Å²) in [6.07, 6.45) is -0.937. The van der Waals surface area contributed by atoms with Crippen LogP contribution in [0.25, 0.3) is 0 Å². The predicted molar refractivity (Wildman–Crippen MR) is 178 cm³/mol. The van der Waals surface area contributed by atoms with Crippen molar-refractivity contribution in [2.24, 2.45) is 0 Å². The topological polar surface area (TPSA) is 81.7 Å². The van der Waals surface area contributed by atoms with Crippen LogP contribution in [0.5, 0.6) is 11.5 Å². The van der Waals surface area contributed by atoms with Crippen molar-refractivity contribution in [1.82, 2.24) is 0 Å². The van der Waals surface area contributed by atoms with Crippen LogP contribution in [0.3, 0.4) is 0 Å². The summed E-state index contributed by atoms with van der Waals surface area (Å²) in [6, 6.07) is 35.6. The number of rotatable bonds is 18. The molecule has 0 saturated carbocycles. The van der Waals surface area contributed by atoms with E-state index in [1.807, 2.05) is 109 Å². The molecular weight excluding hydrogens is 596 g/mol. The van der Waals surface area contributed by atoms with E-state index in [0.29, 0.717) is 39.5 Å². The molecular formula is C39H44O8. The first-order chi connectivity index (χ1) is 23.2. The summed E-state index contributed by atoms with van der Waals surface area (Å²) >= 11 is 0. The van der Waals surface area contributed by atoms with Gasteiger partial charge in [-0.2, -0.15) is 0 Å². The van der Waals surface area contributed by atoms with Crippen LogP contribution in [-0.2, 0) is 54.9 Å². The number of hydrogen-bond acceptors (Lipinski definition) is 8. The molecule has 5 atom stereocenters. The SMILES string of the molecule is COc1ccc(COCC[C@@H]2O[C@H](CC=O)[C@@H](OCc3ccc(OC)cc3)[C@H](OCc3ccccc3)[C@H]2OCc2ccccc2)cc1. The number of aldehydes is 1. The van der Waals surface area contributed by atoms with Crippen molar-refractivity contribution in [1.29, 1.82) is 0 Å². The normalized spacial score (nSPS) is 20.9. The zero-order valence-corrected chi connectivity index (χ0v) is 27.1. The molecule has 0 aromatic heterocycles. The van der Waals surface area contributed by atoms with Crippen molar-refractivity contribution in [3.05, 3.63) is 131 Å². The van der Waals surface area contributed by atoms with Crippen LogP contribution in [0.15, 0.2) is 109 Å². The zero-order chi connectivity index (χ0) is 32.7. The molecule has 8 heteroatoms. The number of benzene rings is 4. The van der Waals surface area contributed by atoms with Crippen LogP contribution in [-0.4, -0.2) is 57.6 Å². The van der Waals surface area contributed by atoms with Crippen molar-refractivity contribution >= 4 is 6.29 Å². The van der Waals surface area contributed by atoms with Gasteiger partial charge in [-0.15, -0.1) is 0 Å². The second-order valence-corrected chi connectivity index (χ2v) is 11.5. The minimum absolute atomic E-state index is 0.160. The Balaban J connectivity index is 1.36. The Labute approximate surface area is 277 Å². The summed E-state index contributed by atoms with van der Waals surface area (Å²) in [4.78, 5) is 12.0. The van der Waals surface area contributed by atoms with Crippen LogP contribution >= 0.6 is 0 Å². The van der Waals surface area contributed by atoms with Gasteiger partial charge in [0.15, 0.2) is 0 Å². The first kappa shape index (κ1) is 34.3. The van der Waals surface area contributed by atoms with Crippen molar-refractivity contribution < 1.29 is 38.0 Å². The van der Waals surface area contributed by atoms with Gasteiger partial charge in [-0.25, -0.2) is 0 Å². The molecule has 0 N–H and O–H groups in total. The lowest BCUT2D eigenvalue weighted by molar-refractivity contribution is -0.266. The van der Waals surface area contributed by atoms with Gasteiger partial charge in [0.05, 0.1) is 52.9 Å². The summed E-state index contributed by atoms with van der Waals surface area (Å²) in [5.41, 5.74) is 4.07. The van der Waals surface area contributed by atoms with Crippen LogP contribution in [0, 0.1) is 0 Å². The number of carbonyl (C=O) groups is 1. The second-order valence-electron chi connectivity index (χ2n) is 11.5. The Bertz CT molecular complexity index is 1450. The summed E-state index contributed by atoms with van der Waals surface area (Å²) < 4.78 is 43.2. The van der Waals surface area contributed by atoms with E-state index >= 15 is 0 Å². The van der Waals surface area contributed by atoms with Gasteiger partial charge >= 0.3 is 0 Å². The molecule has 1 saturated heterocycles. The Morgan fingerprint density at radius 2 is 1.00 bits per heavy atom. The van der Waals surface area contributed by atoms with E-state index < -0.39 is 30.5 Å². The first-order valence-electron chi connectivity index (χ1n) is 16.0. The summed E-state index contributed by atoms with van der Waals surface area (Å²) in [6.45, 7) is 1.91. The summed E-state index contributed by atoms with van der Waals surface area (Å²) in [7, 11) is 3.29. The van der Waals surface area contributed by atoms with E-state index in [1.54, 1.807) is 14.2 Å². The third kappa shape index (κ3) is 10.2. The molecule has 0 amide bonds. The fourth-order valence-electron chi connectivity index (χ4n) is 5.66. The van der Waals surface area contributed by atoms with Gasteiger partial charge in [0.25, 0.3) is 0 Å². The minimum Gasteiger partial charge on any atom is -0.497 e. The molecule has 1 aliphatic rings. The Hall–Kier alpha value is -4.05. The average molecular weight is 641 g/mol. The molecule has 4 aromatic carbocycles. The quantitative estimate of drug-likeness (QED) is 0.0876. The highest BCUT2D eigenvalue weighted by atomic mass is 16.6. The minimum atomic E-state index is -0.566. The third-order valence-electron chi connectivity index (χ3n) is 8.21. The smallest absolute Gasteiger partial charge is 0.122 e. The molecule has 248 valence electrons. The molecule has 5 rings (SSSR count). The van der Waals surface area contributed by atoms with E-state index in [9.17, 15) is 4.79 Å². The standard InChI is InChI=1S/C39H44O8/c1-41-33-17-13-31(14-18-33)25-43-24-22-36-38(44-26-29-9-5-3-6-10-29)39(46-27-30-11-7-4-8-12-30)37(35(47-36)21-23-40)45-28-32-15-19-34(42-2)20-16-32/h3-20,23,35-39H,21-22,24-28H2,1-2H3/t35-,36+,37-,38+,39+/m1/s1. The van der Waals surface area contributed by atoms with Gasteiger partial charge in [-0.1, -0.05) is 84.9 Å². The highest BCUT2D eigenvalue weighted by Gasteiger charge is 2.47. The monoisotopic (exact) mass is 640 g/mol. The van der Waals surface area contributed by atoms with E-state index in [1.165, 1.54) is 0 Å². The molecule has 0 aliphatic carbocycles.